The minimum absolute atomic E-state index is 0.0290. The molecule has 9 heteroatoms. The molecule has 2 heterocycles. The molecule has 0 saturated heterocycles. The van der Waals surface area contributed by atoms with Gasteiger partial charge in [0, 0.05) is 25.3 Å². The van der Waals surface area contributed by atoms with E-state index in [4.69, 9.17) is 4.74 Å². The Morgan fingerprint density at radius 3 is 2.67 bits per heavy atom. The second-order valence-electron chi connectivity index (χ2n) is 6.36. The van der Waals surface area contributed by atoms with Crippen LogP contribution in [-0.2, 0) is 18.4 Å². The molecule has 1 N–H and O–H groups in total. The topological polar surface area (TPSA) is 86.9 Å². The zero-order chi connectivity index (χ0) is 17.9. The van der Waals surface area contributed by atoms with E-state index in [0.29, 0.717) is 29.2 Å². The lowest BCUT2D eigenvalue weighted by Crippen LogP contribution is -2.41. The van der Waals surface area contributed by atoms with E-state index in [2.05, 4.69) is 20.6 Å². The summed E-state index contributed by atoms with van der Waals surface area (Å²) in [6.07, 6.45) is 1.84. The standard InChI is InChI=1S/C15H24N6O2S/c1-7-21-12(10-8-20(5)19-13(10)23-6)17-18-14(21)24-9-11(22)16-15(2,3)4/h8H,7,9H2,1-6H3,(H,16,22). The van der Waals surface area contributed by atoms with Crippen LogP contribution in [0.2, 0.25) is 0 Å². The first-order chi connectivity index (χ1) is 11.2. The molecule has 2 aromatic heterocycles. The van der Waals surface area contributed by atoms with Crippen molar-refractivity contribution in [1.29, 1.82) is 0 Å². The summed E-state index contributed by atoms with van der Waals surface area (Å²) in [5, 5.41) is 16.4. The van der Waals surface area contributed by atoms with Crippen LogP contribution >= 0.6 is 11.8 Å². The van der Waals surface area contributed by atoms with Crippen molar-refractivity contribution in [2.75, 3.05) is 12.9 Å². The van der Waals surface area contributed by atoms with E-state index in [-0.39, 0.29) is 11.4 Å². The molecule has 0 fully saturated rings. The molecule has 0 aliphatic rings. The fourth-order valence-electron chi connectivity index (χ4n) is 2.24. The zero-order valence-corrected chi connectivity index (χ0v) is 15.8. The summed E-state index contributed by atoms with van der Waals surface area (Å²) in [7, 11) is 3.40. The molecule has 8 nitrogen and oxygen atoms in total. The van der Waals surface area contributed by atoms with Crippen LogP contribution in [0, 0.1) is 0 Å². The van der Waals surface area contributed by atoms with Crippen LogP contribution in [-0.4, -0.2) is 48.9 Å². The Balaban J connectivity index is 2.19. The highest BCUT2D eigenvalue weighted by atomic mass is 32.2. The van der Waals surface area contributed by atoms with Gasteiger partial charge in [-0.3, -0.25) is 9.48 Å². The minimum atomic E-state index is -0.246. The largest absolute Gasteiger partial charge is 0.479 e. The molecular weight excluding hydrogens is 328 g/mol. The lowest BCUT2D eigenvalue weighted by molar-refractivity contribution is -0.119. The maximum Gasteiger partial charge on any atom is 0.243 e. The van der Waals surface area contributed by atoms with Crippen molar-refractivity contribution in [3.63, 3.8) is 0 Å². The number of carbonyl (C=O) groups excluding carboxylic acids is 1. The van der Waals surface area contributed by atoms with Crippen molar-refractivity contribution < 1.29 is 9.53 Å². The molecule has 1 amide bonds. The molecule has 0 aliphatic heterocycles. The Morgan fingerprint density at radius 1 is 1.38 bits per heavy atom. The quantitative estimate of drug-likeness (QED) is 0.797. The molecule has 0 unspecified atom stereocenters. The zero-order valence-electron chi connectivity index (χ0n) is 15.0. The maximum atomic E-state index is 12.0. The highest BCUT2D eigenvalue weighted by Gasteiger charge is 2.20. The molecule has 0 aliphatic carbocycles. The minimum Gasteiger partial charge on any atom is -0.479 e. The lowest BCUT2D eigenvalue weighted by Gasteiger charge is -2.20. The normalized spacial score (nSPS) is 11.6. The van der Waals surface area contributed by atoms with Crippen molar-refractivity contribution in [3.8, 4) is 17.3 Å². The summed E-state index contributed by atoms with van der Waals surface area (Å²) < 4.78 is 8.92. The number of nitrogens with zero attached hydrogens (tertiary/aromatic N) is 5. The summed E-state index contributed by atoms with van der Waals surface area (Å²) >= 11 is 1.37. The Morgan fingerprint density at radius 2 is 2.08 bits per heavy atom. The molecular formula is C15H24N6O2S. The third-order valence-corrected chi connectivity index (χ3v) is 4.08. The van der Waals surface area contributed by atoms with Crippen LogP contribution in [0.3, 0.4) is 0 Å². The third kappa shape index (κ3) is 4.28. The average molecular weight is 352 g/mol. The summed E-state index contributed by atoms with van der Waals surface area (Å²) in [6, 6.07) is 0. The lowest BCUT2D eigenvalue weighted by atomic mass is 10.1. The highest BCUT2D eigenvalue weighted by Crippen LogP contribution is 2.29. The predicted octanol–water partition coefficient (Wildman–Crippen LogP) is 1.71. The van der Waals surface area contributed by atoms with Crippen molar-refractivity contribution >= 4 is 17.7 Å². The second kappa shape index (κ2) is 7.25. The Kier molecular flexibility index (Phi) is 5.53. The van der Waals surface area contributed by atoms with Crippen LogP contribution in [0.1, 0.15) is 27.7 Å². The number of carbonyl (C=O) groups is 1. The van der Waals surface area contributed by atoms with Crippen molar-refractivity contribution in [2.24, 2.45) is 7.05 Å². The van der Waals surface area contributed by atoms with E-state index in [0.717, 1.165) is 5.56 Å². The van der Waals surface area contributed by atoms with Crippen molar-refractivity contribution in [1.82, 2.24) is 29.9 Å². The van der Waals surface area contributed by atoms with Gasteiger partial charge in [-0.15, -0.1) is 15.3 Å². The van der Waals surface area contributed by atoms with Gasteiger partial charge < -0.3 is 14.6 Å². The monoisotopic (exact) mass is 352 g/mol. The fraction of sp³-hybridized carbons (Fsp3) is 0.600. The van der Waals surface area contributed by atoms with Gasteiger partial charge in [-0.1, -0.05) is 11.8 Å². The number of nitrogens with one attached hydrogen (secondary N) is 1. The fourth-order valence-corrected chi connectivity index (χ4v) is 3.04. The SMILES string of the molecule is CCn1c(SCC(=O)NC(C)(C)C)nnc1-c1cn(C)nc1OC. The van der Waals surface area contributed by atoms with Gasteiger partial charge in [-0.25, -0.2) is 0 Å². The molecule has 132 valence electrons. The first-order valence-corrected chi connectivity index (χ1v) is 8.68. The number of ether oxygens (including phenoxy) is 1. The van der Waals surface area contributed by atoms with Gasteiger partial charge in [-0.2, -0.15) is 0 Å². The van der Waals surface area contributed by atoms with Crippen LogP contribution < -0.4 is 10.1 Å². The first kappa shape index (κ1) is 18.3. The average Bonchev–Trinajstić information content (AvgIpc) is 3.05. The van der Waals surface area contributed by atoms with Gasteiger partial charge >= 0.3 is 0 Å². The van der Waals surface area contributed by atoms with Crippen LogP contribution in [0.25, 0.3) is 11.4 Å². The number of hydrogen-bond acceptors (Lipinski definition) is 6. The number of aromatic nitrogens is 5. The Labute approximate surface area is 146 Å². The number of methoxy groups -OCH3 is 1. The van der Waals surface area contributed by atoms with Gasteiger partial charge in [0.15, 0.2) is 11.0 Å². The van der Waals surface area contributed by atoms with Gasteiger partial charge in [-0.05, 0) is 27.7 Å². The third-order valence-electron chi connectivity index (χ3n) is 3.11. The Hall–Kier alpha value is -2.03. The summed E-state index contributed by atoms with van der Waals surface area (Å²) in [5.41, 5.74) is 0.532. The highest BCUT2D eigenvalue weighted by molar-refractivity contribution is 7.99. The maximum absolute atomic E-state index is 12.0. The van der Waals surface area contributed by atoms with Crippen LogP contribution in [0.15, 0.2) is 11.4 Å². The van der Waals surface area contributed by atoms with Gasteiger partial charge in [0.1, 0.15) is 5.56 Å². The van der Waals surface area contributed by atoms with Gasteiger partial charge in [0.05, 0.1) is 12.9 Å². The second-order valence-corrected chi connectivity index (χ2v) is 7.31. The molecule has 0 atom stereocenters. The smallest absolute Gasteiger partial charge is 0.243 e. The first-order valence-electron chi connectivity index (χ1n) is 7.70. The van der Waals surface area contributed by atoms with E-state index >= 15 is 0 Å². The summed E-state index contributed by atoms with van der Waals surface area (Å²) in [4.78, 5) is 12.0. The molecule has 0 spiro atoms. The molecule has 0 aromatic carbocycles. The van der Waals surface area contributed by atoms with Crippen molar-refractivity contribution in [2.45, 2.75) is 44.9 Å². The molecule has 2 aromatic rings. The van der Waals surface area contributed by atoms with Crippen LogP contribution in [0.5, 0.6) is 5.88 Å². The van der Waals surface area contributed by atoms with Gasteiger partial charge in [0.25, 0.3) is 0 Å². The van der Waals surface area contributed by atoms with Gasteiger partial charge in [0.2, 0.25) is 11.8 Å². The summed E-state index contributed by atoms with van der Waals surface area (Å²) in [5.74, 6) is 1.45. The molecule has 0 radical (unpaired) electrons. The number of rotatable bonds is 6. The Bertz CT molecular complexity index is 716. The van der Waals surface area contributed by atoms with E-state index in [1.807, 2.05) is 45.5 Å². The number of thioether (sulfide) groups is 1. The molecule has 2 rings (SSSR count). The molecule has 0 saturated carbocycles. The number of aryl methyl sites for hydroxylation is 1. The molecule has 0 bridgehead atoms. The number of amides is 1. The van der Waals surface area contributed by atoms with E-state index in [1.165, 1.54) is 11.8 Å². The molecule has 24 heavy (non-hydrogen) atoms. The van der Waals surface area contributed by atoms with E-state index in [1.54, 1.807) is 11.8 Å². The summed E-state index contributed by atoms with van der Waals surface area (Å²) in [6.45, 7) is 8.56. The van der Waals surface area contributed by atoms with Crippen molar-refractivity contribution in [3.05, 3.63) is 6.20 Å². The van der Waals surface area contributed by atoms with E-state index < -0.39 is 0 Å². The van der Waals surface area contributed by atoms with E-state index in [9.17, 15) is 4.79 Å². The number of hydrogen-bond donors (Lipinski definition) is 1. The predicted molar refractivity (Wildman–Crippen MR) is 93.1 cm³/mol. The van der Waals surface area contributed by atoms with Crippen LogP contribution in [0.4, 0.5) is 0 Å².